The van der Waals surface area contributed by atoms with Crippen LogP contribution in [0.2, 0.25) is 0 Å². The number of fused-ring (bicyclic) bond motifs is 1. The van der Waals surface area contributed by atoms with Crippen molar-refractivity contribution in [2.45, 2.75) is 34.2 Å². The van der Waals surface area contributed by atoms with Crippen molar-refractivity contribution >= 4 is 28.9 Å². The lowest BCUT2D eigenvalue weighted by atomic mass is 10.2. The number of ether oxygens (including phenoxy) is 1. The lowest BCUT2D eigenvalue weighted by Crippen LogP contribution is -2.42. The number of aromatic nitrogens is 2. The highest BCUT2D eigenvalue weighted by Gasteiger charge is 2.15. The van der Waals surface area contributed by atoms with Crippen molar-refractivity contribution < 1.29 is 19.1 Å². The van der Waals surface area contributed by atoms with Crippen molar-refractivity contribution in [2.75, 3.05) is 13.2 Å². The van der Waals surface area contributed by atoms with Crippen LogP contribution < -0.4 is 16.2 Å². The van der Waals surface area contributed by atoms with Crippen LogP contribution in [-0.2, 0) is 16.1 Å². The minimum atomic E-state index is -0.732. The zero-order chi connectivity index (χ0) is 20.8. The molecule has 0 saturated heterocycles. The van der Waals surface area contributed by atoms with Gasteiger partial charge in [-0.05, 0) is 38.0 Å². The van der Waals surface area contributed by atoms with Crippen LogP contribution in [0.1, 0.15) is 36.8 Å². The number of amides is 3. The van der Waals surface area contributed by atoms with E-state index >= 15 is 0 Å². The number of nitrogens with zero attached hydrogens (tertiary/aromatic N) is 2. The van der Waals surface area contributed by atoms with E-state index in [0.29, 0.717) is 29.8 Å². The molecule has 3 amide bonds. The maximum Gasteiger partial charge on any atom is 0.338 e. The number of hydrogen-bond donors (Lipinski definition) is 2. The Morgan fingerprint density at radius 1 is 1.25 bits per heavy atom. The molecule has 150 valence electrons. The van der Waals surface area contributed by atoms with Crippen LogP contribution in [0.5, 0.6) is 0 Å². The van der Waals surface area contributed by atoms with Gasteiger partial charge in [-0.2, -0.15) is 0 Å². The minimum Gasteiger partial charge on any atom is -0.452 e. The predicted octanol–water partition coefficient (Wildman–Crippen LogP) is 1.36. The summed E-state index contributed by atoms with van der Waals surface area (Å²) < 4.78 is 6.51. The first-order chi connectivity index (χ1) is 13.2. The fourth-order valence-corrected chi connectivity index (χ4v) is 2.53. The maximum absolute atomic E-state index is 12.2. The summed E-state index contributed by atoms with van der Waals surface area (Å²) in [5, 5.41) is 4.61. The first-order valence-corrected chi connectivity index (χ1v) is 8.99. The van der Waals surface area contributed by atoms with Gasteiger partial charge >= 0.3 is 12.0 Å². The second-order valence-corrected chi connectivity index (χ2v) is 6.68. The van der Waals surface area contributed by atoms with E-state index in [1.165, 1.54) is 12.1 Å². The van der Waals surface area contributed by atoms with Crippen LogP contribution in [0.25, 0.3) is 11.0 Å². The minimum absolute atomic E-state index is 0.183. The van der Waals surface area contributed by atoms with Gasteiger partial charge in [0.25, 0.3) is 11.5 Å². The molecular formula is C19H24N4O5. The molecule has 0 spiro atoms. The lowest BCUT2D eigenvalue weighted by Gasteiger charge is -2.10. The van der Waals surface area contributed by atoms with E-state index in [1.807, 2.05) is 20.8 Å². The van der Waals surface area contributed by atoms with Crippen molar-refractivity contribution in [3.8, 4) is 0 Å². The molecule has 0 radical (unpaired) electrons. The van der Waals surface area contributed by atoms with Gasteiger partial charge in [-0.15, -0.1) is 0 Å². The maximum atomic E-state index is 12.2. The molecular weight excluding hydrogens is 364 g/mol. The monoisotopic (exact) mass is 388 g/mol. The molecule has 2 aromatic rings. The normalized spacial score (nSPS) is 10.8. The number of benzene rings is 1. The third-order valence-electron chi connectivity index (χ3n) is 3.92. The highest BCUT2D eigenvalue weighted by Crippen LogP contribution is 2.14. The largest absolute Gasteiger partial charge is 0.452 e. The fourth-order valence-electron chi connectivity index (χ4n) is 2.53. The standard InChI is InChI=1S/C19H24N4O5/c1-5-23-15-7-6-13(8-14(15)21-12(4)17(23)25)18(26)28-10-16(24)22-19(27)20-9-11(2)3/h6-8,11H,5,9-10H2,1-4H3,(H2,20,22,24,27). The number of aryl methyl sites for hydroxylation is 2. The first-order valence-electron chi connectivity index (χ1n) is 8.99. The van der Waals surface area contributed by atoms with E-state index in [-0.39, 0.29) is 17.0 Å². The molecule has 9 nitrogen and oxygen atoms in total. The molecule has 1 aromatic heterocycles. The van der Waals surface area contributed by atoms with E-state index in [2.05, 4.69) is 15.6 Å². The molecule has 0 unspecified atom stereocenters. The van der Waals surface area contributed by atoms with Crippen LogP contribution in [0.3, 0.4) is 0 Å². The number of urea groups is 1. The summed E-state index contributed by atoms with van der Waals surface area (Å²) >= 11 is 0. The van der Waals surface area contributed by atoms with Crippen LogP contribution in [0.4, 0.5) is 4.79 Å². The van der Waals surface area contributed by atoms with Gasteiger partial charge in [-0.1, -0.05) is 13.8 Å². The number of carbonyl (C=O) groups is 3. The van der Waals surface area contributed by atoms with Gasteiger partial charge in [0.2, 0.25) is 0 Å². The van der Waals surface area contributed by atoms with E-state index in [4.69, 9.17) is 4.74 Å². The molecule has 0 bridgehead atoms. The van der Waals surface area contributed by atoms with Crippen molar-refractivity contribution in [3.63, 3.8) is 0 Å². The Kier molecular flexibility index (Phi) is 6.86. The van der Waals surface area contributed by atoms with Gasteiger partial charge in [0.1, 0.15) is 5.69 Å². The Hall–Kier alpha value is -3.23. The van der Waals surface area contributed by atoms with Gasteiger partial charge in [0.15, 0.2) is 6.61 Å². The molecule has 0 saturated carbocycles. The molecule has 1 heterocycles. The zero-order valence-electron chi connectivity index (χ0n) is 16.4. The number of carbonyl (C=O) groups excluding carboxylic acids is 3. The van der Waals surface area contributed by atoms with Crippen LogP contribution in [-0.4, -0.2) is 40.6 Å². The molecule has 0 aliphatic carbocycles. The van der Waals surface area contributed by atoms with Crippen molar-refractivity contribution in [3.05, 3.63) is 39.8 Å². The van der Waals surface area contributed by atoms with Gasteiger partial charge in [0.05, 0.1) is 16.6 Å². The number of hydrogen-bond acceptors (Lipinski definition) is 6. The van der Waals surface area contributed by atoms with Crippen LogP contribution in [0, 0.1) is 12.8 Å². The fraction of sp³-hybridized carbons (Fsp3) is 0.421. The summed E-state index contributed by atoms with van der Waals surface area (Å²) in [4.78, 5) is 51.8. The Labute approximate surface area is 162 Å². The lowest BCUT2D eigenvalue weighted by molar-refractivity contribution is -0.123. The van der Waals surface area contributed by atoms with Crippen molar-refractivity contribution in [1.82, 2.24) is 20.2 Å². The second-order valence-electron chi connectivity index (χ2n) is 6.68. The van der Waals surface area contributed by atoms with Gasteiger partial charge in [-0.25, -0.2) is 14.6 Å². The molecule has 0 fully saturated rings. The Bertz CT molecular complexity index is 965. The highest BCUT2D eigenvalue weighted by atomic mass is 16.5. The highest BCUT2D eigenvalue weighted by molar-refractivity contribution is 5.98. The summed E-state index contributed by atoms with van der Waals surface area (Å²) in [7, 11) is 0. The SMILES string of the molecule is CCn1c(=O)c(C)nc2cc(C(=O)OCC(=O)NC(=O)NCC(C)C)ccc21. The Morgan fingerprint density at radius 2 is 1.96 bits per heavy atom. The van der Waals surface area contributed by atoms with Gasteiger partial charge in [-0.3, -0.25) is 14.9 Å². The van der Waals surface area contributed by atoms with Crippen LogP contribution in [0.15, 0.2) is 23.0 Å². The second kappa shape index (κ2) is 9.12. The number of rotatable bonds is 6. The zero-order valence-corrected chi connectivity index (χ0v) is 16.4. The molecule has 9 heteroatoms. The molecule has 0 aliphatic rings. The summed E-state index contributed by atoms with van der Waals surface area (Å²) in [5.74, 6) is -1.22. The Balaban J connectivity index is 2.03. The molecule has 0 atom stereocenters. The quantitative estimate of drug-likeness (QED) is 0.721. The molecule has 1 aromatic carbocycles. The summed E-state index contributed by atoms with van der Waals surface area (Å²) in [6, 6.07) is 3.98. The van der Waals surface area contributed by atoms with E-state index in [0.717, 1.165) is 0 Å². The van der Waals surface area contributed by atoms with E-state index in [9.17, 15) is 19.2 Å². The molecule has 2 N–H and O–H groups in total. The van der Waals surface area contributed by atoms with Crippen molar-refractivity contribution in [2.24, 2.45) is 5.92 Å². The van der Waals surface area contributed by atoms with Gasteiger partial charge in [0, 0.05) is 13.1 Å². The summed E-state index contributed by atoms with van der Waals surface area (Å²) in [5.41, 5.74) is 1.42. The number of imide groups is 1. The predicted molar refractivity (Wildman–Crippen MR) is 103 cm³/mol. The Morgan fingerprint density at radius 3 is 2.61 bits per heavy atom. The molecule has 2 rings (SSSR count). The molecule has 0 aliphatic heterocycles. The summed E-state index contributed by atoms with van der Waals surface area (Å²) in [6.07, 6.45) is 0. The first kappa shape index (κ1) is 21.1. The third-order valence-corrected chi connectivity index (χ3v) is 3.92. The van der Waals surface area contributed by atoms with Crippen molar-refractivity contribution in [1.29, 1.82) is 0 Å². The average molecular weight is 388 g/mol. The molecule has 28 heavy (non-hydrogen) atoms. The van der Waals surface area contributed by atoms with E-state index in [1.54, 1.807) is 17.6 Å². The van der Waals surface area contributed by atoms with Crippen LogP contribution >= 0.6 is 0 Å². The smallest absolute Gasteiger partial charge is 0.338 e. The average Bonchev–Trinajstić information content (AvgIpc) is 2.65. The van der Waals surface area contributed by atoms with E-state index < -0.39 is 24.5 Å². The number of esters is 1. The topological polar surface area (TPSA) is 119 Å². The summed E-state index contributed by atoms with van der Waals surface area (Å²) in [6.45, 7) is 7.60. The number of nitrogens with one attached hydrogen (secondary N) is 2. The van der Waals surface area contributed by atoms with Gasteiger partial charge < -0.3 is 14.6 Å². The third kappa shape index (κ3) is 5.15.